The summed E-state index contributed by atoms with van der Waals surface area (Å²) in [6.45, 7) is 3.79. The lowest BCUT2D eigenvalue weighted by Crippen LogP contribution is -2.01. The van der Waals surface area contributed by atoms with Crippen molar-refractivity contribution in [1.29, 1.82) is 5.26 Å². The van der Waals surface area contributed by atoms with E-state index in [2.05, 4.69) is 112 Å². The zero-order valence-corrected chi connectivity index (χ0v) is 28.7. The molecule has 0 aliphatic heterocycles. The Morgan fingerprint density at radius 1 is 0.577 bits per heavy atom. The molecule has 246 valence electrons. The molecule has 0 aliphatic carbocycles. The average molecular weight is 669 g/mol. The molecule has 0 saturated heterocycles. The third-order valence-electron chi connectivity index (χ3n) is 9.63. The Kier molecular flexibility index (Phi) is 7.53. The fourth-order valence-electron chi connectivity index (χ4n) is 7.16. The van der Waals surface area contributed by atoms with Crippen molar-refractivity contribution in [3.63, 3.8) is 0 Å². The van der Waals surface area contributed by atoms with Gasteiger partial charge in [0.15, 0.2) is 5.82 Å². The lowest BCUT2D eigenvalue weighted by Gasteiger charge is -2.12. The van der Waals surface area contributed by atoms with Crippen LogP contribution in [0.15, 0.2) is 163 Å². The number of para-hydroxylation sites is 3. The Morgan fingerprint density at radius 2 is 1.27 bits per heavy atom. The fourth-order valence-corrected chi connectivity index (χ4v) is 7.16. The van der Waals surface area contributed by atoms with Crippen LogP contribution in [0.25, 0.3) is 83.5 Å². The van der Waals surface area contributed by atoms with E-state index >= 15 is 0 Å². The van der Waals surface area contributed by atoms with Crippen molar-refractivity contribution in [2.24, 2.45) is 0 Å². The van der Waals surface area contributed by atoms with Crippen molar-refractivity contribution in [1.82, 2.24) is 24.1 Å². The summed E-state index contributed by atoms with van der Waals surface area (Å²) < 4.78 is 4.66. The summed E-state index contributed by atoms with van der Waals surface area (Å²) in [4.78, 5) is 15.3. The van der Waals surface area contributed by atoms with Crippen molar-refractivity contribution in [3.05, 3.63) is 169 Å². The van der Waals surface area contributed by atoms with E-state index in [0.717, 1.165) is 50.4 Å². The van der Waals surface area contributed by atoms with Gasteiger partial charge in [-0.1, -0.05) is 103 Å². The predicted molar refractivity (Wildman–Crippen MR) is 212 cm³/mol. The Balaban J connectivity index is 1.29. The fraction of sp³-hybridized carbons (Fsp3) is 0.0435. The van der Waals surface area contributed by atoms with Crippen LogP contribution in [0.2, 0.25) is 0 Å². The second-order valence-corrected chi connectivity index (χ2v) is 12.9. The van der Waals surface area contributed by atoms with E-state index in [4.69, 9.17) is 15.0 Å². The number of nitriles is 1. The molecule has 6 heteroatoms. The van der Waals surface area contributed by atoms with Crippen LogP contribution in [0.4, 0.5) is 0 Å². The third kappa shape index (κ3) is 5.15. The van der Waals surface area contributed by atoms with Crippen molar-refractivity contribution in [2.75, 3.05) is 0 Å². The number of aromatic nitrogens is 5. The molecule has 0 atom stereocenters. The molecule has 0 unspecified atom stereocenters. The Bertz CT molecular complexity index is 2920. The standard InChI is InChI=1S/C46H32N6/c1-30(29-47)24-25-31(2)38-28-39(50-46(49-38)32-14-5-3-6-15-32)37-20-13-23-43(48-37)52-41-22-12-10-19-36(41)44-42(52)27-26-35-34-18-9-11-21-40(34)51(45(35)44)33-16-7-4-8-17-33/h3-28H,1-2H3/b30-24+,31-25+. The first-order chi connectivity index (χ1) is 25.6. The molecule has 4 heterocycles. The van der Waals surface area contributed by atoms with E-state index in [9.17, 15) is 5.26 Å². The number of hydrogen-bond donors (Lipinski definition) is 0. The van der Waals surface area contributed by atoms with Gasteiger partial charge in [0.25, 0.3) is 0 Å². The average Bonchev–Trinajstić information content (AvgIpc) is 3.73. The van der Waals surface area contributed by atoms with E-state index in [0.29, 0.717) is 17.1 Å². The summed E-state index contributed by atoms with van der Waals surface area (Å²) in [6.07, 6.45) is 3.74. The lowest BCUT2D eigenvalue weighted by atomic mass is 10.1. The zero-order chi connectivity index (χ0) is 35.2. The highest BCUT2D eigenvalue weighted by molar-refractivity contribution is 6.26. The van der Waals surface area contributed by atoms with E-state index < -0.39 is 0 Å². The summed E-state index contributed by atoms with van der Waals surface area (Å²) in [6, 6.07) is 52.6. The van der Waals surface area contributed by atoms with Crippen molar-refractivity contribution in [3.8, 4) is 40.4 Å². The van der Waals surface area contributed by atoms with E-state index in [1.54, 1.807) is 6.92 Å². The topological polar surface area (TPSA) is 72.3 Å². The van der Waals surface area contributed by atoms with Crippen molar-refractivity contribution >= 4 is 49.2 Å². The molecule has 9 aromatic rings. The minimum absolute atomic E-state index is 0.613. The molecule has 4 aromatic heterocycles. The molecular formula is C46H32N6. The van der Waals surface area contributed by atoms with Gasteiger partial charge in [-0.25, -0.2) is 15.0 Å². The number of allylic oxidation sites excluding steroid dienone is 4. The van der Waals surface area contributed by atoms with Gasteiger partial charge in [0, 0.05) is 38.4 Å². The van der Waals surface area contributed by atoms with Gasteiger partial charge in [-0.05, 0) is 74.0 Å². The SMILES string of the molecule is C/C(C#N)=C\C=C(/C)c1cc(-c2cccc(-n3c4ccccc4c4c3ccc3c5ccccc5n(-c5ccccc5)c34)n2)nc(-c2ccccc2)n1. The minimum Gasteiger partial charge on any atom is -0.309 e. The van der Waals surface area contributed by atoms with Crippen LogP contribution in [0.5, 0.6) is 0 Å². The predicted octanol–water partition coefficient (Wildman–Crippen LogP) is 11.3. The molecule has 0 N–H and O–H groups in total. The number of pyridine rings is 1. The highest BCUT2D eigenvalue weighted by Crippen LogP contribution is 2.41. The Hall–Kier alpha value is -7.10. The van der Waals surface area contributed by atoms with E-state index in [-0.39, 0.29) is 0 Å². The van der Waals surface area contributed by atoms with Crippen LogP contribution < -0.4 is 0 Å². The number of rotatable bonds is 6. The number of fused-ring (bicyclic) bond motifs is 7. The molecule has 0 fully saturated rings. The molecule has 0 saturated carbocycles. The molecule has 9 rings (SSSR count). The monoisotopic (exact) mass is 668 g/mol. The van der Waals surface area contributed by atoms with Crippen molar-refractivity contribution in [2.45, 2.75) is 13.8 Å². The minimum atomic E-state index is 0.613. The maximum atomic E-state index is 9.31. The Labute approximate surface area is 300 Å². The van der Waals surface area contributed by atoms with Gasteiger partial charge in [-0.15, -0.1) is 0 Å². The molecule has 5 aromatic carbocycles. The Morgan fingerprint density at radius 3 is 2.04 bits per heavy atom. The number of hydrogen-bond acceptors (Lipinski definition) is 4. The first-order valence-corrected chi connectivity index (χ1v) is 17.3. The van der Waals surface area contributed by atoms with Crippen LogP contribution in [-0.2, 0) is 0 Å². The van der Waals surface area contributed by atoms with Crippen LogP contribution in [0.3, 0.4) is 0 Å². The molecular weight excluding hydrogens is 637 g/mol. The maximum Gasteiger partial charge on any atom is 0.160 e. The molecule has 0 bridgehead atoms. The lowest BCUT2D eigenvalue weighted by molar-refractivity contribution is 1.07. The molecule has 0 radical (unpaired) electrons. The maximum absolute atomic E-state index is 9.31. The second kappa shape index (κ2) is 12.7. The highest BCUT2D eigenvalue weighted by atomic mass is 15.1. The quantitative estimate of drug-likeness (QED) is 0.131. The summed E-state index contributed by atoms with van der Waals surface area (Å²) >= 11 is 0. The van der Waals surface area contributed by atoms with Gasteiger partial charge in [0.1, 0.15) is 5.82 Å². The molecule has 0 amide bonds. The first kappa shape index (κ1) is 30.9. The first-order valence-electron chi connectivity index (χ1n) is 17.3. The van der Waals surface area contributed by atoms with Crippen LogP contribution >= 0.6 is 0 Å². The van der Waals surface area contributed by atoms with Crippen LogP contribution in [0.1, 0.15) is 19.5 Å². The second-order valence-electron chi connectivity index (χ2n) is 12.9. The summed E-state index contributed by atoms with van der Waals surface area (Å²) in [5, 5.41) is 14.1. The number of benzene rings is 5. The van der Waals surface area contributed by atoms with Gasteiger partial charge < -0.3 is 4.57 Å². The molecule has 0 aliphatic rings. The number of nitrogens with zero attached hydrogens (tertiary/aromatic N) is 6. The highest BCUT2D eigenvalue weighted by Gasteiger charge is 2.21. The largest absolute Gasteiger partial charge is 0.309 e. The van der Waals surface area contributed by atoms with E-state index in [1.165, 1.54) is 27.2 Å². The molecule has 6 nitrogen and oxygen atoms in total. The van der Waals surface area contributed by atoms with E-state index in [1.807, 2.05) is 67.6 Å². The summed E-state index contributed by atoms with van der Waals surface area (Å²) in [7, 11) is 0. The summed E-state index contributed by atoms with van der Waals surface area (Å²) in [5.74, 6) is 1.41. The normalized spacial score (nSPS) is 12.2. The smallest absolute Gasteiger partial charge is 0.160 e. The molecule has 0 spiro atoms. The van der Waals surface area contributed by atoms with Gasteiger partial charge in [-0.3, -0.25) is 4.57 Å². The third-order valence-corrected chi connectivity index (χ3v) is 9.63. The van der Waals surface area contributed by atoms with Gasteiger partial charge >= 0.3 is 0 Å². The van der Waals surface area contributed by atoms with Crippen molar-refractivity contribution < 1.29 is 0 Å². The molecule has 52 heavy (non-hydrogen) atoms. The van der Waals surface area contributed by atoms with Gasteiger partial charge in [-0.2, -0.15) is 5.26 Å². The van der Waals surface area contributed by atoms with Gasteiger partial charge in [0.05, 0.1) is 45.2 Å². The summed E-state index contributed by atoms with van der Waals surface area (Å²) in [5.41, 5.74) is 10.3. The van der Waals surface area contributed by atoms with Crippen LogP contribution in [0, 0.1) is 11.3 Å². The van der Waals surface area contributed by atoms with Gasteiger partial charge in [0.2, 0.25) is 0 Å². The zero-order valence-electron chi connectivity index (χ0n) is 28.7. The van der Waals surface area contributed by atoms with Crippen LogP contribution in [-0.4, -0.2) is 24.1 Å².